The summed E-state index contributed by atoms with van der Waals surface area (Å²) in [5.41, 5.74) is 1.17. The molecular formula is C21H33N7O. The summed E-state index contributed by atoms with van der Waals surface area (Å²) in [5, 5.41) is 14.9. The molecule has 3 rings (SSSR count). The molecule has 2 aromatic rings. The molecule has 8 heteroatoms. The molecule has 1 aliphatic heterocycles. The smallest absolute Gasteiger partial charge is 0.191 e. The summed E-state index contributed by atoms with van der Waals surface area (Å²) in [6.07, 6.45) is 3.82. The minimum atomic E-state index is 0.542. The quantitative estimate of drug-likeness (QED) is 0.495. The van der Waals surface area contributed by atoms with E-state index in [2.05, 4.69) is 56.3 Å². The first-order valence-electron chi connectivity index (χ1n) is 10.5. The van der Waals surface area contributed by atoms with Gasteiger partial charge in [0.25, 0.3) is 0 Å². The maximum Gasteiger partial charge on any atom is 0.191 e. The van der Waals surface area contributed by atoms with E-state index in [0.29, 0.717) is 5.92 Å². The minimum absolute atomic E-state index is 0.542. The molecule has 2 N–H and O–H groups in total. The van der Waals surface area contributed by atoms with Crippen molar-refractivity contribution in [2.45, 2.75) is 33.2 Å². The Hall–Kier alpha value is -2.77. The molecule has 158 valence electrons. The average molecular weight is 400 g/mol. The molecule has 29 heavy (non-hydrogen) atoms. The number of benzene rings is 1. The Morgan fingerprint density at radius 1 is 1.28 bits per heavy atom. The van der Waals surface area contributed by atoms with Crippen LogP contribution < -0.4 is 20.3 Å². The average Bonchev–Trinajstić information content (AvgIpc) is 3.41. The molecule has 1 aliphatic rings. The highest BCUT2D eigenvalue weighted by molar-refractivity contribution is 5.79. The van der Waals surface area contributed by atoms with Gasteiger partial charge < -0.3 is 24.8 Å². The number of guanidine groups is 1. The lowest BCUT2D eigenvalue weighted by molar-refractivity contribution is 0.414. The highest BCUT2D eigenvalue weighted by atomic mass is 16.5. The number of aromatic nitrogens is 3. The van der Waals surface area contributed by atoms with Gasteiger partial charge in [0.1, 0.15) is 17.9 Å². The van der Waals surface area contributed by atoms with Crippen molar-refractivity contribution >= 4 is 11.6 Å². The summed E-state index contributed by atoms with van der Waals surface area (Å²) in [6, 6.07) is 8.23. The predicted octanol–water partition coefficient (Wildman–Crippen LogP) is 1.93. The second-order valence-corrected chi connectivity index (χ2v) is 7.21. The third-order valence-electron chi connectivity index (χ3n) is 5.22. The number of aryl methyl sites for hydroxylation is 1. The number of hydrogen-bond acceptors (Lipinski definition) is 5. The van der Waals surface area contributed by atoms with Gasteiger partial charge in [-0.1, -0.05) is 19.1 Å². The second kappa shape index (κ2) is 10.7. The van der Waals surface area contributed by atoms with Crippen LogP contribution in [-0.4, -0.2) is 60.6 Å². The van der Waals surface area contributed by atoms with Crippen molar-refractivity contribution in [1.82, 2.24) is 25.4 Å². The maximum atomic E-state index is 5.51. The van der Waals surface area contributed by atoms with E-state index in [1.165, 1.54) is 5.69 Å². The van der Waals surface area contributed by atoms with Crippen LogP contribution in [0.3, 0.4) is 0 Å². The van der Waals surface area contributed by atoms with Crippen LogP contribution in [0.5, 0.6) is 5.75 Å². The minimum Gasteiger partial charge on any atom is -0.495 e. The number of hydrogen-bond donors (Lipinski definition) is 2. The molecule has 0 amide bonds. The number of ether oxygens (including phenoxy) is 1. The number of methoxy groups -OCH3 is 1. The van der Waals surface area contributed by atoms with Gasteiger partial charge in [-0.15, -0.1) is 10.2 Å². The van der Waals surface area contributed by atoms with E-state index in [4.69, 9.17) is 9.73 Å². The Kier molecular flexibility index (Phi) is 7.72. The van der Waals surface area contributed by atoms with Gasteiger partial charge in [-0.3, -0.25) is 4.99 Å². The Morgan fingerprint density at radius 3 is 2.93 bits per heavy atom. The predicted molar refractivity (Wildman–Crippen MR) is 117 cm³/mol. The zero-order chi connectivity index (χ0) is 20.5. The fourth-order valence-corrected chi connectivity index (χ4v) is 3.69. The third-order valence-corrected chi connectivity index (χ3v) is 5.22. The van der Waals surface area contributed by atoms with Crippen molar-refractivity contribution in [2.24, 2.45) is 10.9 Å². The number of rotatable bonds is 9. The molecule has 1 aromatic carbocycles. The van der Waals surface area contributed by atoms with Crippen molar-refractivity contribution in [1.29, 1.82) is 0 Å². The summed E-state index contributed by atoms with van der Waals surface area (Å²) in [5.74, 6) is 3.36. The summed E-state index contributed by atoms with van der Waals surface area (Å²) >= 11 is 0. The summed E-state index contributed by atoms with van der Waals surface area (Å²) in [4.78, 5) is 7.22. The molecular weight excluding hydrogens is 366 g/mol. The molecule has 0 aliphatic carbocycles. The Labute approximate surface area is 173 Å². The molecule has 8 nitrogen and oxygen atoms in total. The number of anilines is 1. The van der Waals surface area contributed by atoms with Gasteiger partial charge in [0.15, 0.2) is 5.96 Å². The molecule has 0 saturated carbocycles. The summed E-state index contributed by atoms with van der Waals surface area (Å²) in [6.45, 7) is 9.49. The van der Waals surface area contributed by atoms with Crippen LogP contribution in [0.25, 0.3) is 0 Å². The number of para-hydroxylation sites is 2. The van der Waals surface area contributed by atoms with E-state index in [1.54, 1.807) is 13.4 Å². The highest BCUT2D eigenvalue weighted by Gasteiger charge is 2.24. The highest BCUT2D eigenvalue weighted by Crippen LogP contribution is 2.31. The largest absolute Gasteiger partial charge is 0.495 e. The normalized spacial score (nSPS) is 16.9. The van der Waals surface area contributed by atoms with Gasteiger partial charge in [-0.2, -0.15) is 0 Å². The van der Waals surface area contributed by atoms with Crippen LogP contribution in [0.4, 0.5) is 5.69 Å². The van der Waals surface area contributed by atoms with Crippen LogP contribution in [0.2, 0.25) is 0 Å². The van der Waals surface area contributed by atoms with Crippen LogP contribution in [0.15, 0.2) is 35.6 Å². The maximum absolute atomic E-state index is 5.51. The van der Waals surface area contributed by atoms with E-state index in [9.17, 15) is 0 Å². The first kappa shape index (κ1) is 21.0. The van der Waals surface area contributed by atoms with Gasteiger partial charge in [0.05, 0.1) is 12.8 Å². The van der Waals surface area contributed by atoms with E-state index >= 15 is 0 Å². The topological polar surface area (TPSA) is 79.6 Å². The van der Waals surface area contributed by atoms with Crippen LogP contribution in [0, 0.1) is 5.92 Å². The number of aliphatic imine (C=N–C) groups is 1. The lowest BCUT2D eigenvalue weighted by Gasteiger charge is -2.21. The van der Waals surface area contributed by atoms with E-state index in [1.807, 2.05) is 12.1 Å². The molecule has 1 fully saturated rings. The first-order valence-corrected chi connectivity index (χ1v) is 10.5. The van der Waals surface area contributed by atoms with Gasteiger partial charge in [-0.25, -0.2) is 0 Å². The monoisotopic (exact) mass is 399 g/mol. The van der Waals surface area contributed by atoms with Crippen molar-refractivity contribution in [3.63, 3.8) is 0 Å². The van der Waals surface area contributed by atoms with Crippen LogP contribution >= 0.6 is 0 Å². The molecule has 1 unspecified atom stereocenters. The zero-order valence-electron chi connectivity index (χ0n) is 17.8. The fourth-order valence-electron chi connectivity index (χ4n) is 3.69. The second-order valence-electron chi connectivity index (χ2n) is 7.21. The first-order chi connectivity index (χ1) is 14.2. The van der Waals surface area contributed by atoms with Crippen LogP contribution in [-0.2, 0) is 13.0 Å². The van der Waals surface area contributed by atoms with Crippen molar-refractivity contribution in [3.05, 3.63) is 36.4 Å². The van der Waals surface area contributed by atoms with E-state index in [-0.39, 0.29) is 0 Å². The molecule has 0 bridgehead atoms. The third kappa shape index (κ3) is 5.62. The van der Waals surface area contributed by atoms with Gasteiger partial charge in [0, 0.05) is 45.7 Å². The Morgan fingerprint density at radius 2 is 2.14 bits per heavy atom. The van der Waals surface area contributed by atoms with E-state index in [0.717, 1.165) is 69.6 Å². The molecule has 0 radical (unpaired) electrons. The summed E-state index contributed by atoms with van der Waals surface area (Å²) in [7, 11) is 1.73. The summed E-state index contributed by atoms with van der Waals surface area (Å²) < 4.78 is 7.60. The van der Waals surface area contributed by atoms with Gasteiger partial charge in [-0.05, 0) is 31.4 Å². The van der Waals surface area contributed by atoms with Crippen molar-refractivity contribution in [2.75, 3.05) is 44.7 Å². The lowest BCUT2D eigenvalue weighted by atomic mass is 10.1. The van der Waals surface area contributed by atoms with Crippen LogP contribution in [0.1, 0.15) is 26.1 Å². The fraction of sp³-hybridized carbons (Fsp3) is 0.571. The zero-order valence-corrected chi connectivity index (χ0v) is 17.8. The van der Waals surface area contributed by atoms with Gasteiger partial charge >= 0.3 is 0 Å². The number of nitrogens with zero attached hydrogens (tertiary/aromatic N) is 5. The lowest BCUT2D eigenvalue weighted by Crippen LogP contribution is -2.39. The van der Waals surface area contributed by atoms with E-state index < -0.39 is 0 Å². The Bertz CT molecular complexity index is 789. The van der Waals surface area contributed by atoms with Crippen molar-refractivity contribution < 1.29 is 4.74 Å². The molecule has 1 atom stereocenters. The van der Waals surface area contributed by atoms with Crippen molar-refractivity contribution in [3.8, 4) is 5.75 Å². The van der Waals surface area contributed by atoms with Gasteiger partial charge in [0.2, 0.25) is 0 Å². The molecule has 1 aromatic heterocycles. The SMILES string of the molecule is CCNC(=NCC1CCN(c2ccccc2OC)C1)NCCn1cnnc1CC. The molecule has 1 saturated heterocycles. The number of nitrogens with one attached hydrogen (secondary N) is 2. The molecule has 2 heterocycles. The standard InChI is InChI=1S/C21H33N7O/c1-4-20-26-25-16-28(20)13-11-23-21(22-5-2)24-14-17-10-12-27(15-17)18-8-6-7-9-19(18)29-3/h6-9,16-17H,4-5,10-15H2,1-3H3,(H2,22,23,24). The Balaban J connectivity index is 1.51. The molecule has 0 spiro atoms.